The Balaban J connectivity index is 1.87. The van der Waals surface area contributed by atoms with E-state index in [0.717, 1.165) is 24.1 Å². The number of benzene rings is 1. The Hall–Kier alpha value is -2.01. The van der Waals surface area contributed by atoms with Crippen molar-refractivity contribution < 1.29 is 4.39 Å². The second-order valence-electron chi connectivity index (χ2n) is 5.85. The van der Waals surface area contributed by atoms with Crippen LogP contribution >= 0.6 is 12.2 Å². The molecular formula is C18H22FN3S. The fourth-order valence-corrected chi connectivity index (χ4v) is 2.48. The Morgan fingerprint density at radius 3 is 2.74 bits per heavy atom. The van der Waals surface area contributed by atoms with Gasteiger partial charge in [-0.1, -0.05) is 30.4 Å². The number of nitrogens with one attached hydrogen (secondary N) is 2. The Kier molecular flexibility index (Phi) is 6.04. The lowest BCUT2D eigenvalue weighted by molar-refractivity contribution is 0.626. The summed E-state index contributed by atoms with van der Waals surface area (Å²) in [7, 11) is 0. The zero-order chi connectivity index (χ0) is 16.8. The summed E-state index contributed by atoms with van der Waals surface area (Å²) in [5, 5.41) is 7.93. The first-order valence-corrected chi connectivity index (χ1v) is 8.04. The van der Waals surface area contributed by atoms with Gasteiger partial charge in [0.2, 0.25) is 0 Å². The van der Waals surface area contributed by atoms with Crippen LogP contribution in [0.2, 0.25) is 0 Å². The van der Waals surface area contributed by atoms with E-state index in [1.165, 1.54) is 23.3 Å². The molecule has 0 unspecified atom stereocenters. The summed E-state index contributed by atoms with van der Waals surface area (Å²) in [4.78, 5) is 0. The van der Waals surface area contributed by atoms with Gasteiger partial charge in [0.1, 0.15) is 5.82 Å². The summed E-state index contributed by atoms with van der Waals surface area (Å²) in [5.74, 6) is 0.201. The Morgan fingerprint density at radius 2 is 2.09 bits per heavy atom. The molecule has 2 rings (SSSR count). The maximum Gasteiger partial charge on any atom is 0.187 e. The van der Waals surface area contributed by atoms with E-state index in [0.29, 0.717) is 17.6 Å². The second kappa shape index (κ2) is 8.02. The van der Waals surface area contributed by atoms with E-state index in [9.17, 15) is 4.39 Å². The minimum Gasteiger partial charge on any atom is -0.357 e. The van der Waals surface area contributed by atoms with Gasteiger partial charge in [-0.25, -0.2) is 4.39 Å². The maximum atomic E-state index is 12.8. The molecule has 0 radical (unpaired) electrons. The van der Waals surface area contributed by atoms with Gasteiger partial charge in [-0.3, -0.25) is 5.43 Å². The molecule has 0 spiro atoms. The van der Waals surface area contributed by atoms with Gasteiger partial charge < -0.3 is 5.32 Å². The molecule has 0 saturated carbocycles. The third-order valence-corrected chi connectivity index (χ3v) is 4.19. The van der Waals surface area contributed by atoms with Crippen molar-refractivity contribution >= 4 is 23.0 Å². The predicted octanol–water partition coefficient (Wildman–Crippen LogP) is 4.08. The van der Waals surface area contributed by atoms with E-state index in [-0.39, 0.29) is 5.82 Å². The number of thiocarbonyl (C=S) groups is 1. The quantitative estimate of drug-likeness (QED) is 0.496. The Labute approximate surface area is 142 Å². The molecule has 1 atom stereocenters. The third kappa shape index (κ3) is 5.28. The van der Waals surface area contributed by atoms with E-state index in [2.05, 4.69) is 42.3 Å². The van der Waals surface area contributed by atoms with E-state index in [1.54, 1.807) is 12.1 Å². The van der Waals surface area contributed by atoms with Crippen LogP contribution in [0.3, 0.4) is 0 Å². The summed E-state index contributed by atoms with van der Waals surface area (Å²) in [6, 6.07) is 6.31. The number of allylic oxidation sites excluding steroid dienone is 3. The first kappa shape index (κ1) is 17.3. The van der Waals surface area contributed by atoms with E-state index < -0.39 is 0 Å². The van der Waals surface area contributed by atoms with Gasteiger partial charge in [0.05, 0.1) is 5.71 Å². The topological polar surface area (TPSA) is 36.4 Å². The zero-order valence-electron chi connectivity index (χ0n) is 13.5. The van der Waals surface area contributed by atoms with Crippen molar-refractivity contribution in [3.63, 3.8) is 0 Å². The average Bonchev–Trinajstić information content (AvgIpc) is 2.53. The molecule has 0 amide bonds. The molecule has 1 aromatic carbocycles. The Morgan fingerprint density at radius 1 is 1.39 bits per heavy atom. The number of rotatable bonds is 4. The third-order valence-electron chi connectivity index (χ3n) is 3.96. The normalized spacial score (nSPS) is 19.2. The predicted molar refractivity (Wildman–Crippen MR) is 97.7 cm³/mol. The van der Waals surface area contributed by atoms with Crippen LogP contribution in [0.15, 0.2) is 53.2 Å². The highest BCUT2D eigenvalue weighted by Crippen LogP contribution is 2.26. The molecule has 0 saturated heterocycles. The van der Waals surface area contributed by atoms with Gasteiger partial charge in [-0.2, -0.15) is 5.10 Å². The van der Waals surface area contributed by atoms with Crippen molar-refractivity contribution in [3.05, 3.63) is 59.4 Å². The van der Waals surface area contributed by atoms with Crippen LogP contribution < -0.4 is 10.7 Å². The molecular weight excluding hydrogens is 309 g/mol. The molecule has 1 aromatic rings. The van der Waals surface area contributed by atoms with Crippen LogP contribution in [-0.2, 0) is 6.54 Å². The summed E-state index contributed by atoms with van der Waals surface area (Å²) >= 11 is 5.23. The van der Waals surface area contributed by atoms with E-state index in [4.69, 9.17) is 12.2 Å². The monoisotopic (exact) mass is 331 g/mol. The van der Waals surface area contributed by atoms with Crippen LogP contribution in [0.5, 0.6) is 0 Å². The van der Waals surface area contributed by atoms with Crippen molar-refractivity contribution in [1.29, 1.82) is 0 Å². The molecule has 0 heterocycles. The van der Waals surface area contributed by atoms with E-state index in [1.807, 2.05) is 0 Å². The van der Waals surface area contributed by atoms with Gasteiger partial charge in [-0.05, 0) is 68.1 Å². The van der Waals surface area contributed by atoms with Crippen LogP contribution in [0.4, 0.5) is 4.39 Å². The van der Waals surface area contributed by atoms with Crippen molar-refractivity contribution in [2.75, 3.05) is 0 Å². The van der Waals surface area contributed by atoms with Crippen molar-refractivity contribution in [2.45, 2.75) is 33.2 Å². The van der Waals surface area contributed by atoms with Gasteiger partial charge in [-0.15, -0.1) is 0 Å². The highest BCUT2D eigenvalue weighted by atomic mass is 32.1. The molecule has 2 N–H and O–H groups in total. The largest absolute Gasteiger partial charge is 0.357 e. The second-order valence-corrected chi connectivity index (χ2v) is 6.26. The van der Waals surface area contributed by atoms with Gasteiger partial charge in [0.15, 0.2) is 5.11 Å². The zero-order valence-corrected chi connectivity index (χ0v) is 14.3. The summed E-state index contributed by atoms with van der Waals surface area (Å²) in [6.07, 6.45) is 4.09. The van der Waals surface area contributed by atoms with Gasteiger partial charge in [0, 0.05) is 6.54 Å². The molecule has 3 nitrogen and oxygen atoms in total. The van der Waals surface area contributed by atoms with Crippen LogP contribution in [0.25, 0.3) is 0 Å². The molecule has 0 aliphatic heterocycles. The van der Waals surface area contributed by atoms with Crippen molar-refractivity contribution in [1.82, 2.24) is 10.7 Å². The van der Waals surface area contributed by atoms with Crippen LogP contribution in [0, 0.1) is 11.7 Å². The lowest BCUT2D eigenvalue weighted by Crippen LogP contribution is -2.32. The number of halogens is 1. The number of hydrogen-bond acceptors (Lipinski definition) is 2. The minimum absolute atomic E-state index is 0.243. The molecule has 23 heavy (non-hydrogen) atoms. The molecule has 1 aliphatic carbocycles. The minimum atomic E-state index is -0.243. The molecule has 0 aromatic heterocycles. The smallest absolute Gasteiger partial charge is 0.187 e. The average molecular weight is 331 g/mol. The van der Waals surface area contributed by atoms with E-state index >= 15 is 0 Å². The van der Waals surface area contributed by atoms with Crippen molar-refractivity contribution in [3.8, 4) is 0 Å². The van der Waals surface area contributed by atoms with Gasteiger partial charge in [0.25, 0.3) is 0 Å². The lowest BCUT2D eigenvalue weighted by Gasteiger charge is -2.22. The fraction of sp³-hybridized carbons (Fsp3) is 0.333. The highest BCUT2D eigenvalue weighted by molar-refractivity contribution is 7.80. The first-order chi connectivity index (χ1) is 11.0. The Bertz CT molecular complexity index is 647. The molecule has 1 aliphatic rings. The summed E-state index contributed by atoms with van der Waals surface area (Å²) < 4.78 is 12.8. The maximum absolute atomic E-state index is 12.8. The fourth-order valence-electron chi connectivity index (χ4n) is 2.37. The number of hydrazone groups is 1. The number of hydrogen-bond donors (Lipinski definition) is 2. The van der Waals surface area contributed by atoms with Gasteiger partial charge >= 0.3 is 0 Å². The molecule has 122 valence electrons. The molecule has 5 heteroatoms. The van der Waals surface area contributed by atoms with Crippen LogP contribution in [-0.4, -0.2) is 10.8 Å². The standard InChI is InChI=1S/C18H22FN3S/c1-12(2)15-7-4-13(3)17(10-15)21-22-18(23)20-11-14-5-8-16(19)9-6-14/h4-6,8-9,15H,1,7,10-11H2,2-3H3,(H2,20,22,23)/b21-17-/t15-/m0/s1. The lowest BCUT2D eigenvalue weighted by atomic mass is 9.85. The summed E-state index contributed by atoms with van der Waals surface area (Å²) in [5.41, 5.74) is 7.21. The van der Waals surface area contributed by atoms with Crippen molar-refractivity contribution in [2.24, 2.45) is 11.0 Å². The first-order valence-electron chi connectivity index (χ1n) is 7.63. The van der Waals surface area contributed by atoms with Crippen LogP contribution in [0.1, 0.15) is 32.3 Å². The highest BCUT2D eigenvalue weighted by Gasteiger charge is 2.18. The summed E-state index contributed by atoms with van der Waals surface area (Å²) in [6.45, 7) is 8.68. The SMILES string of the molecule is C=C(C)[C@H]1CC=C(C)/C(=N\NC(=S)NCc2ccc(F)cc2)C1. The molecule has 0 bridgehead atoms. The number of nitrogens with zero attached hydrogens (tertiary/aromatic N) is 1. The molecule has 0 fully saturated rings.